The molecule has 1 atom stereocenters. The van der Waals surface area contributed by atoms with Gasteiger partial charge in [0, 0.05) is 24.3 Å². The summed E-state index contributed by atoms with van der Waals surface area (Å²) in [6, 6.07) is 2.68. The summed E-state index contributed by atoms with van der Waals surface area (Å²) in [6.07, 6.45) is 7.51. The van der Waals surface area contributed by atoms with Crippen LogP contribution in [0, 0.1) is 0 Å². The molecular formula is C13H22N4. The Morgan fingerprint density at radius 1 is 1.41 bits per heavy atom. The molecule has 1 fully saturated rings. The molecule has 2 N–H and O–H groups in total. The molecule has 1 aliphatic heterocycles. The number of aromatic nitrogens is 2. The van der Waals surface area contributed by atoms with E-state index in [2.05, 4.69) is 27.9 Å². The molecule has 17 heavy (non-hydrogen) atoms. The number of nitrogens with zero attached hydrogens (tertiary/aromatic N) is 3. The highest BCUT2D eigenvalue weighted by Gasteiger charge is 2.22. The van der Waals surface area contributed by atoms with Gasteiger partial charge in [0.25, 0.3) is 0 Å². The topological polar surface area (TPSA) is 55.0 Å². The van der Waals surface area contributed by atoms with E-state index < -0.39 is 0 Å². The molecule has 2 rings (SSSR count). The summed E-state index contributed by atoms with van der Waals surface area (Å²) in [5.41, 5.74) is 6.81. The van der Waals surface area contributed by atoms with E-state index in [9.17, 15) is 0 Å². The van der Waals surface area contributed by atoms with Crippen molar-refractivity contribution in [2.75, 3.05) is 18.0 Å². The van der Waals surface area contributed by atoms with E-state index in [0.717, 1.165) is 37.4 Å². The van der Waals surface area contributed by atoms with Crippen LogP contribution in [-0.4, -0.2) is 29.1 Å². The van der Waals surface area contributed by atoms with Crippen molar-refractivity contribution in [3.63, 3.8) is 0 Å². The summed E-state index contributed by atoms with van der Waals surface area (Å²) in [5, 5.41) is 0. The molecule has 0 radical (unpaired) electrons. The summed E-state index contributed by atoms with van der Waals surface area (Å²) < 4.78 is 0. The number of nitrogens with two attached hydrogens (primary N) is 1. The van der Waals surface area contributed by atoms with Crippen molar-refractivity contribution >= 4 is 5.82 Å². The van der Waals surface area contributed by atoms with Crippen LogP contribution in [0.3, 0.4) is 0 Å². The third kappa shape index (κ3) is 2.94. The van der Waals surface area contributed by atoms with Crippen LogP contribution in [0.5, 0.6) is 0 Å². The summed E-state index contributed by atoms with van der Waals surface area (Å²) >= 11 is 0. The maximum atomic E-state index is 5.70. The van der Waals surface area contributed by atoms with Crippen LogP contribution in [-0.2, 0) is 6.42 Å². The van der Waals surface area contributed by atoms with Crippen molar-refractivity contribution in [2.24, 2.45) is 5.73 Å². The SMILES string of the molecule is CCc1cc(N2CCCCC2CCN)ncn1. The van der Waals surface area contributed by atoms with Gasteiger partial charge in [-0.05, 0) is 38.6 Å². The molecule has 0 bridgehead atoms. The van der Waals surface area contributed by atoms with E-state index in [1.54, 1.807) is 6.33 Å². The Morgan fingerprint density at radius 3 is 3.06 bits per heavy atom. The Bertz CT molecular complexity index is 351. The highest BCUT2D eigenvalue weighted by atomic mass is 15.2. The average Bonchev–Trinajstić information content (AvgIpc) is 2.40. The second-order valence-corrected chi connectivity index (χ2v) is 4.64. The third-order valence-electron chi connectivity index (χ3n) is 3.49. The van der Waals surface area contributed by atoms with E-state index >= 15 is 0 Å². The molecule has 4 heteroatoms. The van der Waals surface area contributed by atoms with Gasteiger partial charge in [-0.1, -0.05) is 6.92 Å². The largest absolute Gasteiger partial charge is 0.353 e. The normalized spacial score (nSPS) is 20.6. The molecule has 2 heterocycles. The lowest BCUT2D eigenvalue weighted by Gasteiger charge is -2.36. The van der Waals surface area contributed by atoms with Gasteiger partial charge in [-0.3, -0.25) is 0 Å². The predicted octanol–water partition coefficient (Wildman–Crippen LogP) is 1.75. The van der Waals surface area contributed by atoms with Crippen LogP contribution >= 0.6 is 0 Å². The van der Waals surface area contributed by atoms with E-state index in [4.69, 9.17) is 5.73 Å². The van der Waals surface area contributed by atoms with Gasteiger partial charge < -0.3 is 10.6 Å². The highest BCUT2D eigenvalue weighted by Crippen LogP contribution is 2.24. The lowest BCUT2D eigenvalue weighted by Crippen LogP contribution is -2.41. The molecule has 1 aromatic heterocycles. The first-order valence-corrected chi connectivity index (χ1v) is 6.62. The van der Waals surface area contributed by atoms with Crippen LogP contribution in [0.1, 0.15) is 38.3 Å². The molecule has 0 aromatic carbocycles. The minimum absolute atomic E-state index is 0.563. The molecular weight excluding hydrogens is 212 g/mol. The van der Waals surface area contributed by atoms with E-state index in [1.807, 2.05) is 0 Å². The van der Waals surface area contributed by atoms with Crippen molar-refractivity contribution in [1.82, 2.24) is 9.97 Å². The zero-order valence-electron chi connectivity index (χ0n) is 10.6. The molecule has 1 aliphatic rings. The van der Waals surface area contributed by atoms with Crippen molar-refractivity contribution in [2.45, 2.75) is 45.1 Å². The second-order valence-electron chi connectivity index (χ2n) is 4.64. The maximum absolute atomic E-state index is 5.70. The zero-order chi connectivity index (χ0) is 12.1. The van der Waals surface area contributed by atoms with Crippen molar-refractivity contribution in [3.8, 4) is 0 Å². The Morgan fingerprint density at radius 2 is 2.29 bits per heavy atom. The molecule has 1 saturated heterocycles. The van der Waals surface area contributed by atoms with Crippen molar-refractivity contribution in [3.05, 3.63) is 18.1 Å². The van der Waals surface area contributed by atoms with E-state index in [0.29, 0.717) is 6.04 Å². The lowest BCUT2D eigenvalue weighted by molar-refractivity contribution is 0.438. The van der Waals surface area contributed by atoms with Crippen LogP contribution in [0.25, 0.3) is 0 Å². The fourth-order valence-electron chi connectivity index (χ4n) is 2.53. The van der Waals surface area contributed by atoms with Gasteiger partial charge in [-0.2, -0.15) is 0 Å². The van der Waals surface area contributed by atoms with Crippen LogP contribution in [0.15, 0.2) is 12.4 Å². The third-order valence-corrected chi connectivity index (χ3v) is 3.49. The van der Waals surface area contributed by atoms with Gasteiger partial charge >= 0.3 is 0 Å². The number of piperidine rings is 1. The van der Waals surface area contributed by atoms with Crippen LogP contribution < -0.4 is 10.6 Å². The molecule has 1 aromatic rings. The zero-order valence-corrected chi connectivity index (χ0v) is 10.6. The van der Waals surface area contributed by atoms with Crippen LogP contribution in [0.4, 0.5) is 5.82 Å². The highest BCUT2D eigenvalue weighted by molar-refractivity contribution is 5.40. The number of rotatable bonds is 4. The minimum Gasteiger partial charge on any atom is -0.353 e. The Labute approximate surface area is 103 Å². The van der Waals surface area contributed by atoms with Gasteiger partial charge in [0.15, 0.2) is 0 Å². The van der Waals surface area contributed by atoms with Gasteiger partial charge in [-0.15, -0.1) is 0 Å². The van der Waals surface area contributed by atoms with Crippen LogP contribution in [0.2, 0.25) is 0 Å². The smallest absolute Gasteiger partial charge is 0.132 e. The molecule has 0 saturated carbocycles. The second kappa shape index (κ2) is 5.96. The fourth-order valence-corrected chi connectivity index (χ4v) is 2.53. The lowest BCUT2D eigenvalue weighted by atomic mass is 9.99. The summed E-state index contributed by atoms with van der Waals surface area (Å²) in [6.45, 7) is 3.98. The quantitative estimate of drug-likeness (QED) is 0.862. The number of hydrogen-bond acceptors (Lipinski definition) is 4. The Kier molecular flexibility index (Phi) is 4.31. The first-order valence-electron chi connectivity index (χ1n) is 6.62. The van der Waals surface area contributed by atoms with Crippen molar-refractivity contribution < 1.29 is 0 Å². The standard InChI is InChI=1S/C13H22N4/c1-2-11-9-13(16-10-15-11)17-8-4-3-5-12(17)6-7-14/h9-10,12H,2-8,14H2,1H3. The molecule has 4 nitrogen and oxygen atoms in total. The van der Waals surface area contributed by atoms with Gasteiger partial charge in [0.1, 0.15) is 12.1 Å². The maximum Gasteiger partial charge on any atom is 0.132 e. The first kappa shape index (κ1) is 12.3. The van der Waals surface area contributed by atoms with E-state index in [-0.39, 0.29) is 0 Å². The molecule has 1 unspecified atom stereocenters. The first-order chi connectivity index (χ1) is 8.35. The summed E-state index contributed by atoms with van der Waals surface area (Å²) in [4.78, 5) is 11.1. The Balaban J connectivity index is 2.16. The molecule has 0 amide bonds. The van der Waals surface area contributed by atoms with Crippen molar-refractivity contribution in [1.29, 1.82) is 0 Å². The molecule has 0 aliphatic carbocycles. The van der Waals surface area contributed by atoms with Gasteiger partial charge in [-0.25, -0.2) is 9.97 Å². The average molecular weight is 234 g/mol. The van der Waals surface area contributed by atoms with E-state index in [1.165, 1.54) is 19.3 Å². The van der Waals surface area contributed by atoms with Gasteiger partial charge in [0.2, 0.25) is 0 Å². The fraction of sp³-hybridized carbons (Fsp3) is 0.692. The molecule has 94 valence electrons. The number of anilines is 1. The monoisotopic (exact) mass is 234 g/mol. The predicted molar refractivity (Wildman–Crippen MR) is 70.1 cm³/mol. The molecule has 0 spiro atoms. The van der Waals surface area contributed by atoms with Gasteiger partial charge in [0.05, 0.1) is 0 Å². The summed E-state index contributed by atoms with van der Waals surface area (Å²) in [7, 11) is 0. The summed E-state index contributed by atoms with van der Waals surface area (Å²) in [5.74, 6) is 1.08. The minimum atomic E-state index is 0.563. The number of aryl methyl sites for hydroxylation is 1. The Hall–Kier alpha value is -1.16. The number of hydrogen-bond donors (Lipinski definition) is 1.